The van der Waals surface area contributed by atoms with E-state index in [-0.39, 0.29) is 11.8 Å². The molecule has 0 saturated carbocycles. The minimum Gasteiger partial charge on any atom is -0.281 e. The topological polar surface area (TPSA) is 15.7 Å². The van der Waals surface area contributed by atoms with Gasteiger partial charge in [0.15, 0.2) is 0 Å². The minimum atomic E-state index is 0.111. The summed E-state index contributed by atoms with van der Waals surface area (Å²) in [4.78, 5) is 7.69. The maximum absolute atomic E-state index is 5.50. The Labute approximate surface area is 76.2 Å². The van der Waals surface area contributed by atoms with Crippen LogP contribution < -0.4 is 0 Å². The van der Waals surface area contributed by atoms with E-state index in [0.717, 1.165) is 0 Å². The number of hydrogen-bond donors (Lipinski definition) is 0. The summed E-state index contributed by atoms with van der Waals surface area (Å²) in [5.41, 5.74) is 0.148. The van der Waals surface area contributed by atoms with Crippen LogP contribution in [0, 0.1) is 0 Å². The molecule has 0 amide bonds. The van der Waals surface area contributed by atoms with Gasteiger partial charge in [-0.15, -0.1) is 0 Å². The summed E-state index contributed by atoms with van der Waals surface area (Å²) in [5, 5.41) is 1.73. The summed E-state index contributed by atoms with van der Waals surface area (Å²) in [6.07, 6.45) is 0.111. The summed E-state index contributed by atoms with van der Waals surface area (Å²) in [6.45, 7) is 8.55. The monoisotopic (exact) mass is 174 g/mol. The van der Waals surface area contributed by atoms with Gasteiger partial charge in [-0.1, -0.05) is 0 Å². The van der Waals surface area contributed by atoms with Crippen molar-refractivity contribution in [3.05, 3.63) is 0 Å². The van der Waals surface area contributed by atoms with Crippen LogP contribution >= 0.6 is 0 Å². The van der Waals surface area contributed by atoms with E-state index in [1.807, 2.05) is 21.0 Å². The lowest BCUT2D eigenvalue weighted by atomic mass is 10.1. The van der Waals surface area contributed by atoms with Crippen molar-refractivity contribution in [1.29, 1.82) is 0 Å². The first-order valence-corrected chi connectivity index (χ1v) is 4.32. The third kappa shape index (κ3) is 4.04. The van der Waals surface area contributed by atoms with Gasteiger partial charge in [0.1, 0.15) is 6.23 Å². The highest BCUT2D eigenvalue weighted by molar-refractivity contribution is 4.73. The Morgan fingerprint density at radius 2 is 1.50 bits per heavy atom. The van der Waals surface area contributed by atoms with Gasteiger partial charge < -0.3 is 0 Å². The zero-order valence-corrected chi connectivity index (χ0v) is 9.38. The van der Waals surface area contributed by atoms with Gasteiger partial charge in [-0.2, -0.15) is 5.06 Å². The molecule has 0 rings (SSSR count). The fourth-order valence-electron chi connectivity index (χ4n) is 0.921. The lowest BCUT2D eigenvalue weighted by molar-refractivity contribution is -0.215. The molecule has 0 aliphatic rings. The van der Waals surface area contributed by atoms with Gasteiger partial charge in [-0.05, 0) is 34.7 Å². The minimum absolute atomic E-state index is 0.111. The molecule has 74 valence electrons. The van der Waals surface area contributed by atoms with Crippen molar-refractivity contribution in [3.63, 3.8) is 0 Å². The van der Waals surface area contributed by atoms with Crippen LogP contribution in [0.15, 0.2) is 0 Å². The predicted molar refractivity (Wildman–Crippen MR) is 51.8 cm³/mol. The Hall–Kier alpha value is -0.120. The van der Waals surface area contributed by atoms with Gasteiger partial charge in [-0.3, -0.25) is 9.74 Å². The number of hydroxylamine groups is 2. The number of nitrogens with zero attached hydrogens (tertiary/aromatic N) is 2. The van der Waals surface area contributed by atoms with E-state index in [1.165, 1.54) is 0 Å². The first-order chi connectivity index (χ1) is 5.25. The summed E-state index contributed by atoms with van der Waals surface area (Å²) in [7, 11) is 5.86. The van der Waals surface area contributed by atoms with Gasteiger partial charge in [0.2, 0.25) is 0 Å². The second kappa shape index (κ2) is 4.21. The largest absolute Gasteiger partial charge is 0.281 e. The smallest absolute Gasteiger partial charge is 0.129 e. The number of rotatable bonds is 3. The maximum atomic E-state index is 5.50. The molecule has 0 N–H and O–H groups in total. The van der Waals surface area contributed by atoms with E-state index in [0.29, 0.717) is 0 Å². The molecule has 0 fully saturated rings. The van der Waals surface area contributed by atoms with Crippen molar-refractivity contribution in [3.8, 4) is 0 Å². The molecule has 0 heterocycles. The van der Waals surface area contributed by atoms with Crippen LogP contribution in [0.25, 0.3) is 0 Å². The molecule has 0 aliphatic carbocycles. The molecule has 0 saturated heterocycles. The zero-order valence-electron chi connectivity index (χ0n) is 9.38. The van der Waals surface area contributed by atoms with E-state index in [1.54, 1.807) is 5.06 Å². The Balaban J connectivity index is 4.01. The molecule has 0 radical (unpaired) electrons. The maximum Gasteiger partial charge on any atom is 0.129 e. The third-order valence-electron chi connectivity index (χ3n) is 1.97. The number of hydrogen-bond acceptors (Lipinski definition) is 3. The van der Waals surface area contributed by atoms with E-state index in [2.05, 4.69) is 32.7 Å². The fourth-order valence-corrected chi connectivity index (χ4v) is 0.921. The van der Waals surface area contributed by atoms with Gasteiger partial charge >= 0.3 is 0 Å². The Kier molecular flexibility index (Phi) is 4.17. The molecule has 1 atom stereocenters. The van der Waals surface area contributed by atoms with Crippen molar-refractivity contribution in [2.24, 2.45) is 0 Å². The summed E-state index contributed by atoms with van der Waals surface area (Å²) in [6, 6.07) is 0. The normalized spacial score (nSPS) is 15.8. The average Bonchev–Trinajstić information content (AvgIpc) is 1.82. The van der Waals surface area contributed by atoms with Crippen molar-refractivity contribution in [2.45, 2.75) is 39.5 Å². The first kappa shape index (κ1) is 11.9. The molecule has 3 heteroatoms. The van der Waals surface area contributed by atoms with Crippen molar-refractivity contribution < 1.29 is 4.84 Å². The van der Waals surface area contributed by atoms with Gasteiger partial charge in [0, 0.05) is 19.6 Å². The van der Waals surface area contributed by atoms with Gasteiger partial charge in [-0.25, -0.2) is 0 Å². The molecular formula is C9H22N2O. The molecule has 0 aromatic rings. The zero-order chi connectivity index (χ0) is 9.94. The van der Waals surface area contributed by atoms with Crippen LogP contribution in [0.1, 0.15) is 27.7 Å². The van der Waals surface area contributed by atoms with Crippen LogP contribution in [0.5, 0.6) is 0 Å². The molecule has 0 aromatic heterocycles. The first-order valence-electron chi connectivity index (χ1n) is 4.32. The Morgan fingerprint density at radius 1 is 1.08 bits per heavy atom. The molecule has 0 bridgehead atoms. The molecule has 0 spiro atoms. The second-order valence-electron chi connectivity index (χ2n) is 4.30. The molecule has 3 nitrogen and oxygen atoms in total. The van der Waals surface area contributed by atoms with Gasteiger partial charge in [0.25, 0.3) is 0 Å². The Bertz CT molecular complexity index is 129. The summed E-state index contributed by atoms with van der Waals surface area (Å²) < 4.78 is 0. The lowest BCUT2D eigenvalue weighted by Crippen LogP contribution is -2.46. The van der Waals surface area contributed by atoms with E-state index >= 15 is 0 Å². The van der Waals surface area contributed by atoms with Gasteiger partial charge in [0.05, 0.1) is 0 Å². The highest BCUT2D eigenvalue weighted by Crippen LogP contribution is 2.14. The van der Waals surface area contributed by atoms with E-state index in [9.17, 15) is 0 Å². The molecule has 12 heavy (non-hydrogen) atoms. The summed E-state index contributed by atoms with van der Waals surface area (Å²) >= 11 is 0. The fraction of sp³-hybridized carbons (Fsp3) is 1.00. The third-order valence-corrected chi connectivity index (χ3v) is 1.97. The summed E-state index contributed by atoms with van der Waals surface area (Å²) in [5.74, 6) is 0. The predicted octanol–water partition coefficient (Wildman–Crippen LogP) is 1.56. The van der Waals surface area contributed by atoms with Crippen molar-refractivity contribution in [2.75, 3.05) is 21.1 Å². The van der Waals surface area contributed by atoms with Crippen LogP contribution in [-0.4, -0.2) is 42.9 Å². The quantitative estimate of drug-likeness (QED) is 0.477. The highest BCUT2D eigenvalue weighted by atomic mass is 16.7. The Morgan fingerprint density at radius 3 is 1.75 bits per heavy atom. The second-order valence-corrected chi connectivity index (χ2v) is 4.30. The SMILES string of the molecule is CC(ON(C)C)N(C)C(C)(C)C. The van der Waals surface area contributed by atoms with E-state index < -0.39 is 0 Å². The standard InChI is InChI=1S/C9H22N2O/c1-8(12-10(5)6)11(7)9(2,3)4/h8H,1-7H3. The van der Waals surface area contributed by atoms with Crippen LogP contribution in [-0.2, 0) is 4.84 Å². The van der Waals surface area contributed by atoms with Crippen molar-refractivity contribution in [1.82, 2.24) is 9.96 Å². The molecule has 0 aliphatic heterocycles. The average molecular weight is 174 g/mol. The van der Waals surface area contributed by atoms with E-state index in [4.69, 9.17) is 4.84 Å². The van der Waals surface area contributed by atoms with Crippen molar-refractivity contribution >= 4 is 0 Å². The molecular weight excluding hydrogens is 152 g/mol. The van der Waals surface area contributed by atoms with Crippen LogP contribution in [0.2, 0.25) is 0 Å². The highest BCUT2D eigenvalue weighted by Gasteiger charge is 2.22. The molecule has 1 unspecified atom stereocenters. The van der Waals surface area contributed by atoms with Crippen LogP contribution in [0.3, 0.4) is 0 Å². The molecule has 0 aromatic carbocycles. The van der Waals surface area contributed by atoms with Crippen LogP contribution in [0.4, 0.5) is 0 Å². The lowest BCUT2D eigenvalue weighted by Gasteiger charge is -2.37.